The van der Waals surface area contributed by atoms with Gasteiger partial charge >= 0.3 is 11.9 Å². The molecule has 594 valence electrons. The molecule has 0 spiro atoms. The van der Waals surface area contributed by atoms with Crippen molar-refractivity contribution in [3.8, 4) is 0 Å². The number of phosphoric ester groups is 1. The van der Waals surface area contributed by atoms with Crippen LogP contribution in [0.2, 0.25) is 0 Å². The molecule has 0 N–H and O–H groups in total. The molecule has 0 aromatic heterocycles. The number of allylic oxidation sites excluding steroid dienone is 28. The lowest BCUT2D eigenvalue weighted by atomic mass is 10.0. The second kappa shape index (κ2) is 82.4. The van der Waals surface area contributed by atoms with E-state index in [9.17, 15) is 19.0 Å². The third-order valence-corrected chi connectivity index (χ3v) is 19.2. The van der Waals surface area contributed by atoms with Crippen LogP contribution in [-0.2, 0) is 32.7 Å². The predicted octanol–water partition coefficient (Wildman–Crippen LogP) is 28.5. The van der Waals surface area contributed by atoms with E-state index >= 15 is 0 Å². The molecular formula is C94H160NO8P. The standard InChI is InChI=1S/C94H160NO8P/c1-6-8-10-12-14-16-18-20-22-24-26-28-30-32-34-36-38-40-42-44-46-47-49-51-53-55-57-59-61-63-65-67-69-71-73-75-77-79-81-83-85-87-94(97)103-92(91-102-104(98,99)101-89-88-95(3,4)5)90-100-93(96)86-84-82-80-78-76-74-72-70-68-66-64-62-60-58-56-54-52-50-48-45-43-41-39-37-35-33-31-29-27-25-23-21-19-17-15-13-11-9-7-2/h8-11,14-17,20-23,26-29,32,34,38,40,44,46,49,51,55,57,61,63,92H,6-7,12-13,18-19,24-25,30-31,33,35-37,39,41-43,45,47-48,50,52-54,56,58-60,62,64-91H2,1-5H3/b10-8-,11-9-,16-14-,17-15-,22-20-,23-21-,28-26-,29-27-,34-32-,40-38-,46-44-,51-49-,57-55-,63-61-. The van der Waals surface area contributed by atoms with Gasteiger partial charge in [-0.3, -0.25) is 14.2 Å². The molecule has 2 unspecified atom stereocenters. The van der Waals surface area contributed by atoms with Crippen LogP contribution in [0.25, 0.3) is 0 Å². The molecule has 0 bridgehead atoms. The lowest BCUT2D eigenvalue weighted by Gasteiger charge is -2.28. The Morgan fingerprint density at radius 3 is 0.769 bits per heavy atom. The zero-order valence-electron chi connectivity index (χ0n) is 67.9. The lowest BCUT2D eigenvalue weighted by Crippen LogP contribution is -2.37. The number of ether oxygens (including phenoxy) is 2. The minimum atomic E-state index is -4.66. The van der Waals surface area contributed by atoms with E-state index in [2.05, 4.69) is 184 Å². The molecule has 9 nitrogen and oxygen atoms in total. The van der Waals surface area contributed by atoms with E-state index in [0.717, 1.165) is 135 Å². The first-order valence-electron chi connectivity index (χ1n) is 42.8. The van der Waals surface area contributed by atoms with Gasteiger partial charge in [-0.2, -0.15) is 0 Å². The average Bonchev–Trinajstić information content (AvgIpc) is 0.920. The number of carbonyl (C=O) groups excluding carboxylic acids is 2. The zero-order chi connectivity index (χ0) is 75.4. The second-order valence-corrected chi connectivity index (χ2v) is 30.8. The van der Waals surface area contributed by atoms with E-state index in [4.69, 9.17) is 18.5 Å². The molecule has 0 radical (unpaired) electrons. The van der Waals surface area contributed by atoms with Gasteiger partial charge in [-0.25, -0.2) is 0 Å². The maximum absolute atomic E-state index is 12.9. The molecule has 0 fully saturated rings. The Hall–Kier alpha value is -4.63. The van der Waals surface area contributed by atoms with Crippen molar-refractivity contribution in [2.45, 2.75) is 367 Å². The Labute approximate surface area is 642 Å². The number of esters is 2. The lowest BCUT2D eigenvalue weighted by molar-refractivity contribution is -0.870. The Balaban J connectivity index is 3.97. The van der Waals surface area contributed by atoms with Crippen molar-refractivity contribution in [1.29, 1.82) is 0 Å². The highest BCUT2D eigenvalue weighted by molar-refractivity contribution is 7.45. The molecule has 0 aliphatic rings. The molecule has 0 rings (SSSR count). The zero-order valence-corrected chi connectivity index (χ0v) is 68.8. The number of carbonyl (C=O) groups is 2. The number of nitrogens with zero attached hydrogens (tertiary/aromatic N) is 1. The smallest absolute Gasteiger partial charge is 0.306 e. The van der Waals surface area contributed by atoms with Crippen LogP contribution in [-0.4, -0.2) is 70.0 Å². The molecule has 0 heterocycles. The number of hydrogen-bond acceptors (Lipinski definition) is 8. The predicted molar refractivity (Wildman–Crippen MR) is 452 cm³/mol. The molecule has 0 saturated carbocycles. The van der Waals surface area contributed by atoms with Gasteiger partial charge in [0.15, 0.2) is 6.10 Å². The topological polar surface area (TPSA) is 111 Å². The minimum Gasteiger partial charge on any atom is -0.756 e. The van der Waals surface area contributed by atoms with E-state index in [0.29, 0.717) is 17.4 Å². The Bertz CT molecular complexity index is 2370. The van der Waals surface area contributed by atoms with Crippen molar-refractivity contribution in [2.75, 3.05) is 47.5 Å². The fourth-order valence-corrected chi connectivity index (χ4v) is 12.5. The molecule has 0 aromatic carbocycles. The number of phosphoric acid groups is 1. The van der Waals surface area contributed by atoms with Crippen LogP contribution in [0.4, 0.5) is 0 Å². The summed E-state index contributed by atoms with van der Waals surface area (Å²) in [4.78, 5) is 38.2. The van der Waals surface area contributed by atoms with Crippen LogP contribution in [0.1, 0.15) is 361 Å². The van der Waals surface area contributed by atoms with Crippen LogP contribution < -0.4 is 4.89 Å². The largest absolute Gasteiger partial charge is 0.756 e. The summed E-state index contributed by atoms with van der Waals surface area (Å²) in [5, 5.41) is 0. The molecule has 0 aliphatic carbocycles. The third kappa shape index (κ3) is 86.3. The van der Waals surface area contributed by atoms with Crippen molar-refractivity contribution in [3.05, 3.63) is 170 Å². The summed E-state index contributed by atoms with van der Waals surface area (Å²) >= 11 is 0. The number of quaternary nitrogens is 1. The van der Waals surface area contributed by atoms with Crippen LogP contribution >= 0.6 is 7.82 Å². The van der Waals surface area contributed by atoms with Crippen molar-refractivity contribution >= 4 is 19.8 Å². The summed E-state index contributed by atoms with van der Waals surface area (Å²) in [7, 11) is 1.16. The minimum absolute atomic E-state index is 0.0367. The molecule has 10 heteroatoms. The van der Waals surface area contributed by atoms with E-state index in [1.165, 1.54) is 193 Å². The van der Waals surface area contributed by atoms with Crippen LogP contribution in [0.5, 0.6) is 0 Å². The number of rotatable bonds is 78. The average molecular weight is 1460 g/mol. The fourth-order valence-electron chi connectivity index (χ4n) is 11.8. The van der Waals surface area contributed by atoms with Gasteiger partial charge in [-0.15, -0.1) is 0 Å². The number of likely N-dealkylation sites (N-methyl/N-ethyl adjacent to an activating group) is 1. The molecule has 0 amide bonds. The Kier molecular flexibility index (Phi) is 78.8. The van der Waals surface area contributed by atoms with Gasteiger partial charge in [0.25, 0.3) is 7.82 Å². The van der Waals surface area contributed by atoms with E-state index in [-0.39, 0.29) is 32.0 Å². The first-order valence-corrected chi connectivity index (χ1v) is 44.3. The molecule has 2 atom stereocenters. The summed E-state index contributed by atoms with van der Waals surface area (Å²) in [5.74, 6) is -0.832. The first kappa shape index (κ1) is 99.4. The number of unbranched alkanes of at least 4 members (excludes halogenated alkanes) is 36. The molecule has 0 saturated heterocycles. The summed E-state index contributed by atoms with van der Waals surface area (Å²) in [6.45, 7) is 4.03. The van der Waals surface area contributed by atoms with Gasteiger partial charge in [0.05, 0.1) is 27.7 Å². The fraction of sp³-hybridized carbons (Fsp3) is 0.681. The van der Waals surface area contributed by atoms with Gasteiger partial charge in [0.1, 0.15) is 19.8 Å². The molecule has 104 heavy (non-hydrogen) atoms. The van der Waals surface area contributed by atoms with E-state index in [1.54, 1.807) is 0 Å². The highest BCUT2D eigenvalue weighted by atomic mass is 31.2. The van der Waals surface area contributed by atoms with E-state index in [1.807, 2.05) is 21.1 Å². The van der Waals surface area contributed by atoms with Crippen molar-refractivity contribution < 1.29 is 42.1 Å². The van der Waals surface area contributed by atoms with Gasteiger partial charge in [0.2, 0.25) is 0 Å². The highest BCUT2D eigenvalue weighted by Gasteiger charge is 2.22. The maximum atomic E-state index is 12.9. The van der Waals surface area contributed by atoms with Crippen molar-refractivity contribution in [3.63, 3.8) is 0 Å². The molecule has 0 aromatic rings. The summed E-state index contributed by atoms with van der Waals surface area (Å²) in [6, 6.07) is 0. The SMILES string of the molecule is CC/C=C\C/C=C\C/C=C\C/C=C\C/C=C\C/C=C\C/C=C\C/C=C\C/C=C\C/C=C\CCCCCCCCCCCCC(=O)OC(COC(=O)CCCCCCCCCCCCCCCCCCCCCCCCCCCC/C=C\C/C=C\C/C=C\C/C=C\CC)COP(=O)([O-])OCC[N+](C)(C)C. The molecular weight excluding hydrogens is 1300 g/mol. The van der Waals surface area contributed by atoms with Crippen LogP contribution in [0, 0.1) is 0 Å². The van der Waals surface area contributed by atoms with Crippen molar-refractivity contribution in [2.24, 2.45) is 0 Å². The second-order valence-electron chi connectivity index (χ2n) is 29.4. The van der Waals surface area contributed by atoms with Gasteiger partial charge in [-0.05, 0) is 128 Å². The number of hydrogen-bond donors (Lipinski definition) is 0. The first-order chi connectivity index (χ1) is 51.0. The quantitative estimate of drug-likeness (QED) is 0.0195. The van der Waals surface area contributed by atoms with E-state index < -0.39 is 26.5 Å². The maximum Gasteiger partial charge on any atom is 0.306 e. The van der Waals surface area contributed by atoms with Gasteiger partial charge in [0, 0.05) is 12.8 Å². The summed E-state index contributed by atoms with van der Waals surface area (Å²) in [6.07, 6.45) is 125. The van der Waals surface area contributed by atoms with Gasteiger partial charge in [-0.1, -0.05) is 389 Å². The monoisotopic (exact) mass is 1460 g/mol. The Morgan fingerprint density at radius 2 is 0.519 bits per heavy atom. The van der Waals surface area contributed by atoms with Crippen LogP contribution in [0.15, 0.2) is 170 Å². The molecule has 0 aliphatic heterocycles. The van der Waals surface area contributed by atoms with Gasteiger partial charge < -0.3 is 27.9 Å². The highest BCUT2D eigenvalue weighted by Crippen LogP contribution is 2.38. The third-order valence-electron chi connectivity index (χ3n) is 18.2. The van der Waals surface area contributed by atoms with Crippen LogP contribution in [0.3, 0.4) is 0 Å². The summed E-state index contributed by atoms with van der Waals surface area (Å²) in [5.41, 5.74) is 0. The Morgan fingerprint density at radius 1 is 0.298 bits per heavy atom. The van der Waals surface area contributed by atoms with Crippen molar-refractivity contribution in [1.82, 2.24) is 0 Å². The normalized spacial score (nSPS) is 13.9. The summed E-state index contributed by atoms with van der Waals surface area (Å²) < 4.78 is 34.5.